The van der Waals surface area contributed by atoms with Gasteiger partial charge in [-0.15, -0.1) is 0 Å². The Kier molecular flexibility index (Phi) is 6.56. The molecule has 0 radical (unpaired) electrons. The van der Waals surface area contributed by atoms with Gasteiger partial charge in [0.1, 0.15) is 0 Å². The molecule has 0 atom stereocenters. The molecule has 5 N–H and O–H groups in total. The van der Waals surface area contributed by atoms with Crippen LogP contribution < -0.4 is 16.4 Å². The van der Waals surface area contributed by atoms with Gasteiger partial charge in [-0.3, -0.25) is 14.4 Å². The predicted molar refractivity (Wildman–Crippen MR) is 87.1 cm³/mol. The van der Waals surface area contributed by atoms with Gasteiger partial charge in [-0.05, 0) is 25.0 Å². The van der Waals surface area contributed by atoms with E-state index in [1.165, 1.54) is 0 Å². The number of amides is 2. The molecule has 0 spiro atoms. The first-order valence-corrected chi connectivity index (χ1v) is 7.49. The fourth-order valence-electron chi connectivity index (χ4n) is 2.24. The maximum Gasteiger partial charge on any atom is 0.311 e. The molecular formula is C16H23N3O4. The van der Waals surface area contributed by atoms with Crippen molar-refractivity contribution in [2.45, 2.75) is 26.7 Å². The van der Waals surface area contributed by atoms with E-state index in [4.69, 9.17) is 5.73 Å². The second-order valence-electron chi connectivity index (χ2n) is 5.33. The van der Waals surface area contributed by atoms with Gasteiger partial charge >= 0.3 is 5.97 Å². The number of benzene rings is 1. The first-order valence-electron chi connectivity index (χ1n) is 7.49. The summed E-state index contributed by atoms with van der Waals surface area (Å²) in [5, 5.41) is 14.8. The zero-order chi connectivity index (χ0) is 17.5. The second-order valence-corrected chi connectivity index (χ2v) is 5.33. The number of carbonyl (C=O) groups is 3. The molecule has 7 heteroatoms. The number of aliphatic carboxylic acids is 1. The van der Waals surface area contributed by atoms with E-state index in [0.29, 0.717) is 24.1 Å². The highest BCUT2D eigenvalue weighted by atomic mass is 16.4. The van der Waals surface area contributed by atoms with Crippen LogP contribution in [0.2, 0.25) is 0 Å². The predicted octanol–water partition coefficient (Wildman–Crippen LogP) is 1.20. The molecular weight excluding hydrogens is 298 g/mol. The Morgan fingerprint density at radius 1 is 1.17 bits per heavy atom. The molecule has 0 aliphatic rings. The molecule has 0 fully saturated rings. The standard InChI is InChI=1S/C16H23N3O4/c1-3-16(4-2,15(22)23)10-19-13(20)9-18-12-8-6-5-7-11(12)14(17)21/h5-8,18H,3-4,9-10H2,1-2H3,(H2,17,21)(H,19,20)(H,22,23). The Morgan fingerprint density at radius 3 is 2.30 bits per heavy atom. The average Bonchev–Trinajstić information content (AvgIpc) is 2.54. The third kappa shape index (κ3) is 4.70. The van der Waals surface area contributed by atoms with Gasteiger partial charge < -0.3 is 21.5 Å². The molecule has 1 aromatic rings. The normalized spacial score (nSPS) is 10.9. The number of carbonyl (C=O) groups excluding carboxylic acids is 2. The molecule has 23 heavy (non-hydrogen) atoms. The van der Waals surface area contributed by atoms with E-state index in [0.717, 1.165) is 0 Å². The fraction of sp³-hybridized carbons (Fsp3) is 0.438. The van der Waals surface area contributed by atoms with Gasteiger partial charge in [0.05, 0.1) is 17.5 Å². The van der Waals surface area contributed by atoms with E-state index in [2.05, 4.69) is 10.6 Å². The lowest BCUT2D eigenvalue weighted by molar-refractivity contribution is -0.149. The van der Waals surface area contributed by atoms with Crippen molar-refractivity contribution in [2.24, 2.45) is 11.1 Å². The molecule has 126 valence electrons. The second kappa shape index (κ2) is 8.17. The highest BCUT2D eigenvalue weighted by Gasteiger charge is 2.35. The summed E-state index contributed by atoms with van der Waals surface area (Å²) < 4.78 is 0. The summed E-state index contributed by atoms with van der Waals surface area (Å²) >= 11 is 0. The first kappa shape index (κ1) is 18.5. The minimum absolute atomic E-state index is 0.0628. The Balaban J connectivity index is 2.62. The number of para-hydroxylation sites is 1. The smallest absolute Gasteiger partial charge is 0.311 e. The van der Waals surface area contributed by atoms with Crippen molar-refractivity contribution in [1.29, 1.82) is 0 Å². The van der Waals surface area contributed by atoms with E-state index >= 15 is 0 Å². The van der Waals surface area contributed by atoms with Crippen molar-refractivity contribution in [2.75, 3.05) is 18.4 Å². The van der Waals surface area contributed by atoms with Crippen molar-refractivity contribution in [1.82, 2.24) is 5.32 Å². The zero-order valence-corrected chi connectivity index (χ0v) is 13.4. The monoisotopic (exact) mass is 321 g/mol. The Morgan fingerprint density at radius 2 is 1.78 bits per heavy atom. The van der Waals surface area contributed by atoms with Crippen molar-refractivity contribution in [3.63, 3.8) is 0 Å². The largest absolute Gasteiger partial charge is 0.481 e. The molecule has 7 nitrogen and oxygen atoms in total. The van der Waals surface area contributed by atoms with Crippen LogP contribution in [0.5, 0.6) is 0 Å². The molecule has 0 heterocycles. The molecule has 0 aliphatic carbocycles. The minimum atomic E-state index is -0.958. The summed E-state index contributed by atoms with van der Waals surface area (Å²) in [6, 6.07) is 6.60. The van der Waals surface area contributed by atoms with Crippen LogP contribution in [0.3, 0.4) is 0 Å². The molecule has 1 rings (SSSR count). The Bertz CT molecular complexity index is 582. The van der Waals surface area contributed by atoms with Gasteiger partial charge in [0, 0.05) is 12.2 Å². The molecule has 0 unspecified atom stereocenters. The number of primary amides is 1. The summed E-state index contributed by atoms with van der Waals surface area (Å²) in [7, 11) is 0. The summed E-state index contributed by atoms with van der Waals surface area (Å²) in [5.74, 6) is -1.86. The van der Waals surface area contributed by atoms with Crippen LogP contribution in [-0.4, -0.2) is 36.0 Å². The SMILES string of the molecule is CCC(CC)(CNC(=O)CNc1ccccc1C(N)=O)C(=O)O. The van der Waals surface area contributed by atoms with Crippen LogP contribution >= 0.6 is 0 Å². The van der Waals surface area contributed by atoms with Crippen LogP contribution in [0.1, 0.15) is 37.0 Å². The summed E-state index contributed by atoms with van der Waals surface area (Å²) in [6.07, 6.45) is 0.855. The number of hydrogen-bond donors (Lipinski definition) is 4. The maximum absolute atomic E-state index is 11.9. The molecule has 0 aromatic heterocycles. The van der Waals surface area contributed by atoms with Crippen LogP contribution in [0.15, 0.2) is 24.3 Å². The van der Waals surface area contributed by atoms with E-state index in [1.54, 1.807) is 38.1 Å². The Hall–Kier alpha value is -2.57. The van der Waals surface area contributed by atoms with Crippen molar-refractivity contribution in [3.05, 3.63) is 29.8 Å². The van der Waals surface area contributed by atoms with E-state index in [9.17, 15) is 19.5 Å². The number of nitrogens with one attached hydrogen (secondary N) is 2. The number of anilines is 1. The summed E-state index contributed by atoms with van der Waals surface area (Å²) in [5.41, 5.74) is 5.06. The van der Waals surface area contributed by atoms with Crippen LogP contribution in [0.25, 0.3) is 0 Å². The van der Waals surface area contributed by atoms with Gasteiger partial charge in [-0.25, -0.2) is 0 Å². The van der Waals surface area contributed by atoms with Crippen molar-refractivity contribution >= 4 is 23.5 Å². The molecule has 0 bridgehead atoms. The van der Waals surface area contributed by atoms with Crippen molar-refractivity contribution in [3.8, 4) is 0 Å². The lowest BCUT2D eigenvalue weighted by atomic mass is 9.82. The van der Waals surface area contributed by atoms with E-state index < -0.39 is 17.3 Å². The van der Waals surface area contributed by atoms with Gasteiger partial charge in [0.15, 0.2) is 0 Å². The zero-order valence-electron chi connectivity index (χ0n) is 13.4. The van der Waals surface area contributed by atoms with Crippen molar-refractivity contribution < 1.29 is 19.5 Å². The fourth-order valence-corrected chi connectivity index (χ4v) is 2.24. The molecule has 0 aliphatic heterocycles. The maximum atomic E-state index is 11.9. The van der Waals surface area contributed by atoms with E-state index in [-0.39, 0.29) is 19.0 Å². The van der Waals surface area contributed by atoms with Crippen LogP contribution in [-0.2, 0) is 9.59 Å². The number of rotatable bonds is 9. The lowest BCUT2D eigenvalue weighted by Crippen LogP contribution is -2.44. The topological polar surface area (TPSA) is 122 Å². The molecule has 0 saturated heterocycles. The summed E-state index contributed by atoms with van der Waals surface area (Å²) in [6.45, 7) is 3.55. The van der Waals surface area contributed by atoms with Crippen LogP contribution in [0.4, 0.5) is 5.69 Å². The first-order chi connectivity index (χ1) is 10.9. The number of hydrogen-bond acceptors (Lipinski definition) is 4. The van der Waals surface area contributed by atoms with Gasteiger partial charge in [0.25, 0.3) is 5.91 Å². The summed E-state index contributed by atoms with van der Waals surface area (Å²) in [4.78, 5) is 34.6. The highest BCUT2D eigenvalue weighted by molar-refractivity contribution is 5.99. The number of carboxylic acid groups (broad SMARTS) is 1. The molecule has 2 amide bonds. The lowest BCUT2D eigenvalue weighted by Gasteiger charge is -2.26. The third-order valence-electron chi connectivity index (χ3n) is 4.06. The Labute approximate surface area is 135 Å². The van der Waals surface area contributed by atoms with Gasteiger partial charge in [-0.1, -0.05) is 26.0 Å². The molecule has 1 aromatic carbocycles. The number of nitrogens with two attached hydrogens (primary N) is 1. The van der Waals surface area contributed by atoms with Crippen LogP contribution in [0, 0.1) is 5.41 Å². The third-order valence-corrected chi connectivity index (χ3v) is 4.06. The quantitative estimate of drug-likeness (QED) is 0.544. The van der Waals surface area contributed by atoms with Gasteiger partial charge in [-0.2, -0.15) is 0 Å². The van der Waals surface area contributed by atoms with Gasteiger partial charge in [0.2, 0.25) is 5.91 Å². The molecule has 0 saturated carbocycles. The minimum Gasteiger partial charge on any atom is -0.481 e. The van der Waals surface area contributed by atoms with E-state index in [1.807, 2.05) is 0 Å². The highest BCUT2D eigenvalue weighted by Crippen LogP contribution is 2.25. The number of carboxylic acids is 1. The average molecular weight is 321 g/mol.